The molecule has 0 saturated carbocycles. The zero-order valence-electron chi connectivity index (χ0n) is 14.7. The lowest BCUT2D eigenvalue weighted by molar-refractivity contribution is 0.0729. The van der Waals surface area contributed by atoms with Gasteiger partial charge in [-0.1, -0.05) is 12.1 Å². The molecule has 0 aliphatic carbocycles. The number of benzene rings is 1. The highest BCUT2D eigenvalue weighted by Crippen LogP contribution is 2.32. The van der Waals surface area contributed by atoms with Gasteiger partial charge >= 0.3 is 0 Å². The largest absolute Gasteiger partial charge is 0.493 e. The van der Waals surface area contributed by atoms with Gasteiger partial charge in [0.25, 0.3) is 5.91 Å². The fourth-order valence-corrected chi connectivity index (χ4v) is 3.02. The van der Waals surface area contributed by atoms with E-state index in [4.69, 9.17) is 14.2 Å². The molecule has 2 aromatic rings. The molecule has 0 saturated heterocycles. The zero-order chi connectivity index (χ0) is 17.8. The second-order valence-corrected chi connectivity index (χ2v) is 5.71. The quantitative estimate of drug-likeness (QED) is 0.836. The van der Waals surface area contributed by atoms with Crippen LogP contribution in [-0.2, 0) is 13.0 Å². The minimum Gasteiger partial charge on any atom is -0.493 e. The second kappa shape index (κ2) is 7.42. The first-order chi connectivity index (χ1) is 12.2. The minimum absolute atomic E-state index is 0.0738. The normalized spacial score (nSPS) is 13.2. The van der Waals surface area contributed by atoms with E-state index in [-0.39, 0.29) is 5.91 Å². The van der Waals surface area contributed by atoms with Gasteiger partial charge in [0, 0.05) is 25.6 Å². The van der Waals surface area contributed by atoms with E-state index >= 15 is 0 Å². The number of aromatic nitrogens is 1. The highest BCUT2D eigenvalue weighted by Gasteiger charge is 2.26. The van der Waals surface area contributed by atoms with E-state index in [1.165, 1.54) is 0 Å². The number of ether oxygens (including phenoxy) is 3. The van der Waals surface area contributed by atoms with Gasteiger partial charge in [0.1, 0.15) is 0 Å². The Morgan fingerprint density at radius 3 is 2.76 bits per heavy atom. The summed E-state index contributed by atoms with van der Waals surface area (Å²) in [6, 6.07) is 9.16. The summed E-state index contributed by atoms with van der Waals surface area (Å²) in [7, 11) is 3.10. The van der Waals surface area contributed by atoms with E-state index in [9.17, 15) is 4.79 Å². The van der Waals surface area contributed by atoms with E-state index in [2.05, 4.69) is 4.98 Å². The average molecular weight is 342 g/mol. The molecule has 0 unspecified atom stereocenters. The van der Waals surface area contributed by atoms with Crippen molar-refractivity contribution in [2.75, 3.05) is 27.4 Å². The summed E-state index contributed by atoms with van der Waals surface area (Å²) in [6.07, 6.45) is 0.703. The third-order valence-electron chi connectivity index (χ3n) is 4.24. The van der Waals surface area contributed by atoms with Gasteiger partial charge in [0.2, 0.25) is 5.88 Å². The van der Waals surface area contributed by atoms with E-state index in [0.717, 1.165) is 11.3 Å². The number of para-hydroxylation sites is 1. The number of carbonyl (C=O) groups excluding carboxylic acids is 1. The number of pyridine rings is 1. The number of hydrogen-bond acceptors (Lipinski definition) is 5. The van der Waals surface area contributed by atoms with Crippen LogP contribution in [-0.4, -0.2) is 43.2 Å². The smallest absolute Gasteiger partial charge is 0.258 e. The van der Waals surface area contributed by atoms with Crippen molar-refractivity contribution in [1.82, 2.24) is 9.88 Å². The Kier molecular flexibility index (Phi) is 5.07. The molecular formula is C19H22N2O4. The van der Waals surface area contributed by atoms with E-state index in [1.54, 1.807) is 32.4 Å². The van der Waals surface area contributed by atoms with Crippen LogP contribution in [0.4, 0.5) is 0 Å². The first kappa shape index (κ1) is 17.1. The minimum atomic E-state index is -0.0738. The fourth-order valence-electron chi connectivity index (χ4n) is 3.02. The zero-order valence-corrected chi connectivity index (χ0v) is 14.7. The SMILES string of the molecule is CCOc1ccc2c(n1)CCN(C(=O)c1cccc(OC)c1OC)C2. The van der Waals surface area contributed by atoms with Crippen molar-refractivity contribution in [2.45, 2.75) is 19.9 Å². The lowest BCUT2D eigenvalue weighted by Gasteiger charge is -2.29. The monoisotopic (exact) mass is 342 g/mol. The van der Waals surface area contributed by atoms with Gasteiger partial charge in [-0.2, -0.15) is 0 Å². The van der Waals surface area contributed by atoms with Crippen LogP contribution in [0.2, 0.25) is 0 Å². The van der Waals surface area contributed by atoms with E-state index < -0.39 is 0 Å². The molecule has 1 aliphatic rings. The maximum Gasteiger partial charge on any atom is 0.258 e. The molecule has 1 aliphatic heterocycles. The van der Waals surface area contributed by atoms with Gasteiger partial charge in [-0.3, -0.25) is 4.79 Å². The summed E-state index contributed by atoms with van der Waals surface area (Å²) in [5.74, 6) is 1.57. The molecule has 6 heteroatoms. The third kappa shape index (κ3) is 3.38. The molecule has 0 spiro atoms. The number of hydrogen-bond donors (Lipinski definition) is 0. The van der Waals surface area contributed by atoms with Crippen molar-refractivity contribution in [3.05, 3.63) is 47.2 Å². The molecule has 0 bridgehead atoms. The summed E-state index contributed by atoms with van der Waals surface area (Å²) >= 11 is 0. The molecule has 0 radical (unpaired) electrons. The summed E-state index contributed by atoms with van der Waals surface area (Å²) in [4.78, 5) is 19.3. The topological polar surface area (TPSA) is 60.9 Å². The summed E-state index contributed by atoms with van der Waals surface area (Å²) in [5, 5.41) is 0. The number of rotatable bonds is 5. The number of methoxy groups -OCH3 is 2. The van der Waals surface area contributed by atoms with Crippen LogP contribution in [0, 0.1) is 0 Å². The van der Waals surface area contributed by atoms with Crippen LogP contribution < -0.4 is 14.2 Å². The first-order valence-corrected chi connectivity index (χ1v) is 8.29. The number of amides is 1. The van der Waals surface area contributed by atoms with Crippen LogP contribution >= 0.6 is 0 Å². The van der Waals surface area contributed by atoms with Gasteiger partial charge in [-0.25, -0.2) is 4.98 Å². The maximum atomic E-state index is 13.0. The number of fused-ring (bicyclic) bond motifs is 1. The molecule has 0 N–H and O–H groups in total. The predicted octanol–water partition coefficient (Wildman–Crippen LogP) is 2.70. The standard InChI is InChI=1S/C19H22N2O4/c1-4-25-17-9-8-13-12-21(11-10-15(13)20-17)19(22)14-6-5-7-16(23-2)18(14)24-3/h5-9H,4,10-12H2,1-3H3. The molecule has 0 atom stereocenters. The molecule has 1 aromatic heterocycles. The maximum absolute atomic E-state index is 13.0. The lowest BCUT2D eigenvalue weighted by atomic mass is 10.0. The molecule has 1 amide bonds. The van der Waals surface area contributed by atoms with Crippen molar-refractivity contribution in [2.24, 2.45) is 0 Å². The van der Waals surface area contributed by atoms with Gasteiger partial charge < -0.3 is 19.1 Å². The van der Waals surface area contributed by atoms with Crippen molar-refractivity contribution in [3.8, 4) is 17.4 Å². The second-order valence-electron chi connectivity index (χ2n) is 5.71. The summed E-state index contributed by atoms with van der Waals surface area (Å²) < 4.78 is 16.1. The molecule has 0 fully saturated rings. The van der Waals surface area contributed by atoms with Crippen molar-refractivity contribution in [3.63, 3.8) is 0 Å². The summed E-state index contributed by atoms with van der Waals surface area (Å²) in [5.41, 5.74) is 2.54. The Bertz CT molecular complexity index is 776. The average Bonchev–Trinajstić information content (AvgIpc) is 2.66. The van der Waals surface area contributed by atoms with Crippen LogP contribution in [0.3, 0.4) is 0 Å². The summed E-state index contributed by atoms with van der Waals surface area (Å²) in [6.45, 7) is 3.65. The van der Waals surface area contributed by atoms with E-state index in [1.807, 2.05) is 24.0 Å². The number of carbonyl (C=O) groups is 1. The van der Waals surface area contributed by atoms with Crippen LogP contribution in [0.15, 0.2) is 30.3 Å². The Morgan fingerprint density at radius 2 is 2.04 bits per heavy atom. The third-order valence-corrected chi connectivity index (χ3v) is 4.24. The van der Waals surface area contributed by atoms with Crippen molar-refractivity contribution < 1.29 is 19.0 Å². The molecule has 1 aromatic carbocycles. The Hall–Kier alpha value is -2.76. The molecular weight excluding hydrogens is 320 g/mol. The lowest BCUT2D eigenvalue weighted by Crippen LogP contribution is -2.36. The van der Waals surface area contributed by atoms with Gasteiger partial charge in [0.05, 0.1) is 32.1 Å². The molecule has 6 nitrogen and oxygen atoms in total. The highest BCUT2D eigenvalue weighted by atomic mass is 16.5. The Labute approximate surface area is 147 Å². The van der Waals surface area contributed by atoms with Crippen molar-refractivity contribution in [1.29, 1.82) is 0 Å². The first-order valence-electron chi connectivity index (χ1n) is 8.29. The van der Waals surface area contributed by atoms with Crippen LogP contribution in [0.5, 0.6) is 17.4 Å². The predicted molar refractivity (Wildman–Crippen MR) is 93.4 cm³/mol. The molecule has 132 valence electrons. The van der Waals surface area contributed by atoms with Gasteiger partial charge in [-0.15, -0.1) is 0 Å². The number of nitrogens with zero attached hydrogens (tertiary/aromatic N) is 2. The Balaban J connectivity index is 1.83. The van der Waals surface area contributed by atoms with Crippen LogP contribution in [0.25, 0.3) is 0 Å². The Morgan fingerprint density at radius 1 is 1.20 bits per heavy atom. The van der Waals surface area contributed by atoms with Gasteiger partial charge in [-0.05, 0) is 24.6 Å². The fraction of sp³-hybridized carbons (Fsp3) is 0.368. The molecule has 25 heavy (non-hydrogen) atoms. The molecule has 2 heterocycles. The van der Waals surface area contributed by atoms with E-state index in [0.29, 0.717) is 49.1 Å². The highest BCUT2D eigenvalue weighted by molar-refractivity contribution is 5.98. The van der Waals surface area contributed by atoms with Crippen LogP contribution in [0.1, 0.15) is 28.5 Å². The van der Waals surface area contributed by atoms with Gasteiger partial charge in [0.15, 0.2) is 11.5 Å². The molecule has 3 rings (SSSR count). The van der Waals surface area contributed by atoms with Crippen molar-refractivity contribution >= 4 is 5.91 Å².